The van der Waals surface area contributed by atoms with Gasteiger partial charge in [-0.15, -0.1) is 0 Å². The van der Waals surface area contributed by atoms with Crippen LogP contribution in [0.4, 0.5) is 0 Å². The molecule has 0 unspecified atom stereocenters. The first kappa shape index (κ1) is 19.4. The van der Waals surface area contributed by atoms with Crippen molar-refractivity contribution in [1.82, 2.24) is 5.32 Å². The van der Waals surface area contributed by atoms with E-state index in [1.54, 1.807) is 12.1 Å². The summed E-state index contributed by atoms with van der Waals surface area (Å²) in [6, 6.07) is 7.40. The summed E-state index contributed by atoms with van der Waals surface area (Å²) in [5.74, 6) is -0.762. The molecular formula is C19H29N2O4+. The van der Waals surface area contributed by atoms with Gasteiger partial charge in [-0.05, 0) is 32.4 Å². The molecule has 6 nitrogen and oxygen atoms in total. The van der Waals surface area contributed by atoms with Gasteiger partial charge in [0.15, 0.2) is 6.61 Å². The Balaban J connectivity index is 1.80. The van der Waals surface area contributed by atoms with Crippen molar-refractivity contribution < 1.29 is 24.0 Å². The summed E-state index contributed by atoms with van der Waals surface area (Å²) in [6.45, 7) is 10.1. The lowest BCUT2D eigenvalue weighted by atomic mass is 10.0. The molecule has 2 rings (SSSR count). The summed E-state index contributed by atoms with van der Waals surface area (Å²) in [7, 11) is 0. The molecule has 0 bridgehead atoms. The van der Waals surface area contributed by atoms with Crippen molar-refractivity contribution >= 4 is 11.9 Å². The minimum Gasteiger partial charge on any atom is -0.452 e. The molecule has 1 fully saturated rings. The number of nitrogens with one attached hydrogen (secondary N) is 2. The highest BCUT2D eigenvalue weighted by Crippen LogP contribution is 2.08. The molecule has 1 saturated heterocycles. The summed E-state index contributed by atoms with van der Waals surface area (Å²) in [6.07, 6.45) is 0.805. The highest BCUT2D eigenvalue weighted by molar-refractivity contribution is 5.91. The van der Waals surface area contributed by atoms with Gasteiger partial charge in [0.1, 0.15) is 19.6 Å². The van der Waals surface area contributed by atoms with Gasteiger partial charge in [0.25, 0.3) is 5.91 Å². The first-order chi connectivity index (χ1) is 11.9. The van der Waals surface area contributed by atoms with Gasteiger partial charge >= 0.3 is 5.97 Å². The van der Waals surface area contributed by atoms with Crippen molar-refractivity contribution in [2.75, 3.05) is 32.9 Å². The molecule has 0 aliphatic carbocycles. The standard InChI is InChI=1S/C19H28N2O4/c1-4-19(2,3)20-17(22)14-25-18(23)16-7-5-15(6-8-16)13-21-9-11-24-12-10-21/h5-8H,4,9-14H2,1-3H3,(H,20,22)/p+1. The fourth-order valence-electron chi connectivity index (χ4n) is 2.60. The molecule has 1 amide bonds. The van der Waals surface area contributed by atoms with Crippen molar-refractivity contribution in [3.63, 3.8) is 0 Å². The number of rotatable bonds is 7. The minimum atomic E-state index is -0.477. The molecule has 1 aromatic carbocycles. The Morgan fingerprint density at radius 1 is 1.20 bits per heavy atom. The molecule has 0 saturated carbocycles. The Hall–Kier alpha value is -1.92. The average Bonchev–Trinajstić information content (AvgIpc) is 2.61. The number of esters is 1. The van der Waals surface area contributed by atoms with Crippen LogP contribution in [0.3, 0.4) is 0 Å². The lowest BCUT2D eigenvalue weighted by Gasteiger charge is -2.24. The van der Waals surface area contributed by atoms with Crippen molar-refractivity contribution in [3.05, 3.63) is 35.4 Å². The third-order valence-electron chi connectivity index (χ3n) is 4.54. The molecule has 0 radical (unpaired) electrons. The van der Waals surface area contributed by atoms with E-state index in [1.807, 2.05) is 32.9 Å². The molecule has 1 aliphatic heterocycles. The monoisotopic (exact) mass is 349 g/mol. The first-order valence-electron chi connectivity index (χ1n) is 8.88. The van der Waals surface area contributed by atoms with Crippen molar-refractivity contribution in [2.45, 2.75) is 39.3 Å². The molecule has 2 N–H and O–H groups in total. The number of benzene rings is 1. The molecule has 1 aromatic rings. The number of hydrogen-bond acceptors (Lipinski definition) is 4. The smallest absolute Gasteiger partial charge is 0.338 e. The van der Waals surface area contributed by atoms with Crippen LogP contribution < -0.4 is 10.2 Å². The number of ether oxygens (including phenoxy) is 2. The maximum Gasteiger partial charge on any atom is 0.338 e. The van der Waals surface area contributed by atoms with Crippen LogP contribution >= 0.6 is 0 Å². The zero-order valence-electron chi connectivity index (χ0n) is 15.4. The van der Waals surface area contributed by atoms with E-state index in [2.05, 4.69) is 5.32 Å². The average molecular weight is 349 g/mol. The summed E-state index contributed by atoms with van der Waals surface area (Å²) in [4.78, 5) is 25.4. The predicted molar refractivity (Wildman–Crippen MR) is 94.5 cm³/mol. The summed E-state index contributed by atoms with van der Waals surface area (Å²) < 4.78 is 10.5. The SMILES string of the molecule is CCC(C)(C)NC(=O)COC(=O)c1ccc(C[NH+]2CCOCC2)cc1. The van der Waals surface area contributed by atoms with Crippen LogP contribution in [-0.2, 0) is 20.8 Å². The molecular weight excluding hydrogens is 320 g/mol. The third kappa shape index (κ3) is 6.48. The lowest BCUT2D eigenvalue weighted by molar-refractivity contribution is -0.921. The third-order valence-corrected chi connectivity index (χ3v) is 4.54. The molecule has 1 heterocycles. The molecule has 0 aromatic heterocycles. The van der Waals surface area contributed by atoms with Gasteiger partial charge in [0.2, 0.25) is 0 Å². The second-order valence-electron chi connectivity index (χ2n) is 7.10. The van der Waals surface area contributed by atoms with Crippen LogP contribution in [-0.4, -0.2) is 50.3 Å². The Bertz CT molecular complexity index is 578. The fourth-order valence-corrected chi connectivity index (χ4v) is 2.60. The molecule has 138 valence electrons. The fraction of sp³-hybridized carbons (Fsp3) is 0.579. The number of quaternary nitrogens is 1. The normalized spacial score (nSPS) is 15.6. The van der Waals surface area contributed by atoms with E-state index in [-0.39, 0.29) is 18.1 Å². The predicted octanol–water partition coefficient (Wildman–Crippen LogP) is 0.563. The number of carbonyl (C=O) groups excluding carboxylic acids is 2. The van der Waals surface area contributed by atoms with E-state index in [9.17, 15) is 9.59 Å². The summed E-state index contributed by atoms with van der Waals surface area (Å²) in [5, 5.41) is 2.84. The Morgan fingerprint density at radius 3 is 2.44 bits per heavy atom. The Morgan fingerprint density at radius 2 is 1.84 bits per heavy atom. The van der Waals surface area contributed by atoms with E-state index < -0.39 is 5.97 Å². The quantitative estimate of drug-likeness (QED) is 0.706. The number of morpholine rings is 1. The van der Waals surface area contributed by atoms with Gasteiger partial charge in [0.05, 0.1) is 18.8 Å². The topological polar surface area (TPSA) is 69.1 Å². The zero-order valence-corrected chi connectivity index (χ0v) is 15.4. The van der Waals surface area contributed by atoms with Gasteiger partial charge in [-0.1, -0.05) is 19.1 Å². The summed E-state index contributed by atoms with van der Waals surface area (Å²) >= 11 is 0. The Labute approximate surface area is 149 Å². The van der Waals surface area contributed by atoms with Crippen LogP contribution in [0, 0.1) is 0 Å². The Kier molecular flexibility index (Phi) is 6.96. The lowest BCUT2D eigenvalue weighted by Crippen LogP contribution is -3.12. The van der Waals surface area contributed by atoms with E-state index >= 15 is 0 Å². The maximum atomic E-state index is 12.1. The van der Waals surface area contributed by atoms with Gasteiger partial charge in [-0.3, -0.25) is 4.79 Å². The van der Waals surface area contributed by atoms with Crippen LogP contribution in [0.5, 0.6) is 0 Å². The van der Waals surface area contributed by atoms with Crippen molar-refractivity contribution in [2.24, 2.45) is 0 Å². The minimum absolute atomic E-state index is 0.262. The van der Waals surface area contributed by atoms with Crippen LogP contribution in [0.1, 0.15) is 43.1 Å². The van der Waals surface area contributed by atoms with Gasteiger partial charge in [-0.2, -0.15) is 0 Å². The second kappa shape index (κ2) is 8.97. The van der Waals surface area contributed by atoms with Crippen molar-refractivity contribution in [3.8, 4) is 0 Å². The van der Waals surface area contributed by atoms with E-state index in [0.717, 1.165) is 39.3 Å². The van der Waals surface area contributed by atoms with Crippen LogP contribution in [0.2, 0.25) is 0 Å². The van der Waals surface area contributed by atoms with Gasteiger partial charge in [0, 0.05) is 11.1 Å². The zero-order chi connectivity index (χ0) is 18.3. The van der Waals surface area contributed by atoms with Crippen LogP contribution in [0.15, 0.2) is 24.3 Å². The number of carbonyl (C=O) groups is 2. The number of hydrogen-bond donors (Lipinski definition) is 2. The largest absolute Gasteiger partial charge is 0.452 e. The van der Waals surface area contributed by atoms with Crippen molar-refractivity contribution in [1.29, 1.82) is 0 Å². The van der Waals surface area contributed by atoms with Crippen LogP contribution in [0.25, 0.3) is 0 Å². The molecule has 25 heavy (non-hydrogen) atoms. The highest BCUT2D eigenvalue weighted by Gasteiger charge is 2.19. The van der Waals surface area contributed by atoms with E-state index in [1.165, 1.54) is 10.5 Å². The molecule has 0 spiro atoms. The summed E-state index contributed by atoms with van der Waals surface area (Å²) in [5.41, 5.74) is 1.34. The van der Waals surface area contributed by atoms with Gasteiger partial charge in [-0.25, -0.2) is 4.79 Å². The molecule has 6 heteroatoms. The van der Waals surface area contributed by atoms with E-state index in [0.29, 0.717) is 5.56 Å². The second-order valence-corrected chi connectivity index (χ2v) is 7.10. The highest BCUT2D eigenvalue weighted by atomic mass is 16.5. The first-order valence-corrected chi connectivity index (χ1v) is 8.88. The van der Waals surface area contributed by atoms with Gasteiger partial charge < -0.3 is 19.7 Å². The molecule has 1 aliphatic rings. The van der Waals surface area contributed by atoms with E-state index in [4.69, 9.17) is 9.47 Å². The number of amides is 1. The molecule has 0 atom stereocenters. The maximum absolute atomic E-state index is 12.1.